The third kappa shape index (κ3) is 9.00. The fourth-order valence-electron chi connectivity index (χ4n) is 2.75. The molecule has 0 heterocycles. The van der Waals surface area contributed by atoms with Crippen LogP contribution in [0.15, 0.2) is 59.5 Å². The quantitative estimate of drug-likeness (QED) is 0.415. The van der Waals surface area contributed by atoms with Gasteiger partial charge < -0.3 is 14.8 Å². The predicted octanol–water partition coefficient (Wildman–Crippen LogP) is 3.28. The molecule has 1 atom stereocenters. The average molecular weight is 467 g/mol. The lowest BCUT2D eigenvalue weighted by atomic mass is 10.2. The van der Waals surface area contributed by atoms with Crippen LogP contribution in [0.4, 0.5) is 5.69 Å². The van der Waals surface area contributed by atoms with Crippen molar-refractivity contribution in [2.75, 3.05) is 37.1 Å². The SMILES string of the molecule is CCOCCOCc1cccc(NC(=O)C(CCSC)NS(=O)(=O)c2ccccc2)c1. The monoisotopic (exact) mass is 466 g/mol. The Balaban J connectivity index is 2.02. The van der Waals surface area contributed by atoms with Crippen molar-refractivity contribution in [3.63, 3.8) is 0 Å². The van der Waals surface area contributed by atoms with Crippen molar-refractivity contribution in [2.24, 2.45) is 0 Å². The minimum Gasteiger partial charge on any atom is -0.379 e. The zero-order chi connectivity index (χ0) is 22.5. The highest BCUT2D eigenvalue weighted by atomic mass is 32.2. The van der Waals surface area contributed by atoms with E-state index in [1.807, 2.05) is 31.4 Å². The van der Waals surface area contributed by atoms with Gasteiger partial charge in [0, 0.05) is 12.3 Å². The average Bonchev–Trinajstić information content (AvgIpc) is 2.77. The molecule has 1 unspecified atom stereocenters. The molecule has 1 amide bonds. The van der Waals surface area contributed by atoms with Crippen molar-refractivity contribution in [1.82, 2.24) is 4.72 Å². The molecule has 7 nitrogen and oxygen atoms in total. The van der Waals surface area contributed by atoms with Crippen LogP contribution in [0.3, 0.4) is 0 Å². The van der Waals surface area contributed by atoms with E-state index in [9.17, 15) is 13.2 Å². The molecule has 0 radical (unpaired) electrons. The maximum absolute atomic E-state index is 12.9. The Kier molecular flexibility index (Phi) is 11.0. The van der Waals surface area contributed by atoms with Gasteiger partial charge in [-0.15, -0.1) is 0 Å². The lowest BCUT2D eigenvalue weighted by molar-refractivity contribution is -0.117. The number of hydrogen-bond acceptors (Lipinski definition) is 6. The second kappa shape index (κ2) is 13.5. The Bertz CT molecular complexity index is 907. The van der Waals surface area contributed by atoms with Crippen LogP contribution < -0.4 is 10.0 Å². The number of carbonyl (C=O) groups is 1. The second-order valence-electron chi connectivity index (χ2n) is 6.71. The van der Waals surface area contributed by atoms with Crippen molar-refractivity contribution in [3.05, 3.63) is 60.2 Å². The molecule has 2 rings (SSSR count). The van der Waals surface area contributed by atoms with E-state index >= 15 is 0 Å². The van der Waals surface area contributed by atoms with E-state index in [-0.39, 0.29) is 4.90 Å². The lowest BCUT2D eigenvalue weighted by Gasteiger charge is -2.18. The number of anilines is 1. The topological polar surface area (TPSA) is 93.7 Å². The van der Waals surface area contributed by atoms with Gasteiger partial charge in [-0.05, 0) is 55.2 Å². The van der Waals surface area contributed by atoms with Gasteiger partial charge in [-0.2, -0.15) is 16.5 Å². The fraction of sp³-hybridized carbons (Fsp3) is 0.409. The van der Waals surface area contributed by atoms with E-state index in [1.165, 1.54) is 12.1 Å². The van der Waals surface area contributed by atoms with Crippen LogP contribution in [0.5, 0.6) is 0 Å². The summed E-state index contributed by atoms with van der Waals surface area (Å²) in [6.07, 6.45) is 2.29. The molecule has 2 aromatic carbocycles. The van der Waals surface area contributed by atoms with Gasteiger partial charge in [0.25, 0.3) is 0 Å². The fourth-order valence-corrected chi connectivity index (χ4v) is 4.48. The first-order chi connectivity index (χ1) is 15.0. The summed E-state index contributed by atoms with van der Waals surface area (Å²) < 4.78 is 38.7. The number of thioether (sulfide) groups is 1. The molecule has 0 fully saturated rings. The zero-order valence-corrected chi connectivity index (χ0v) is 19.5. The highest BCUT2D eigenvalue weighted by Gasteiger charge is 2.25. The van der Waals surface area contributed by atoms with Crippen molar-refractivity contribution in [2.45, 2.75) is 30.9 Å². The first-order valence-corrected chi connectivity index (χ1v) is 13.0. The van der Waals surface area contributed by atoms with E-state index in [2.05, 4.69) is 10.0 Å². The molecule has 0 saturated carbocycles. The minimum absolute atomic E-state index is 0.128. The molecule has 0 aromatic heterocycles. The second-order valence-corrected chi connectivity index (χ2v) is 9.41. The Morgan fingerprint density at radius 3 is 2.52 bits per heavy atom. The molecule has 0 aliphatic rings. The third-order valence-electron chi connectivity index (χ3n) is 4.32. The molecular weight excluding hydrogens is 436 g/mol. The van der Waals surface area contributed by atoms with Gasteiger partial charge >= 0.3 is 0 Å². The molecule has 0 aliphatic heterocycles. The van der Waals surface area contributed by atoms with Gasteiger partial charge in [0.15, 0.2) is 0 Å². The number of benzene rings is 2. The van der Waals surface area contributed by atoms with E-state index in [0.29, 0.717) is 44.3 Å². The molecule has 2 N–H and O–H groups in total. The van der Waals surface area contributed by atoms with Crippen LogP contribution in [-0.4, -0.2) is 52.2 Å². The number of sulfonamides is 1. The minimum atomic E-state index is -3.81. The van der Waals surface area contributed by atoms with Gasteiger partial charge in [0.05, 0.1) is 24.7 Å². The van der Waals surface area contributed by atoms with Crippen LogP contribution in [0.2, 0.25) is 0 Å². The summed E-state index contributed by atoms with van der Waals surface area (Å²) in [6, 6.07) is 14.5. The molecule has 0 spiro atoms. The van der Waals surface area contributed by atoms with E-state index in [4.69, 9.17) is 9.47 Å². The van der Waals surface area contributed by atoms with Crippen LogP contribution in [0, 0.1) is 0 Å². The summed E-state index contributed by atoms with van der Waals surface area (Å²) in [5.41, 5.74) is 1.49. The molecule has 0 aliphatic carbocycles. The standard InChI is InChI=1S/C22H30N2O5S2/c1-3-28-13-14-29-17-18-8-7-9-19(16-18)23-22(25)21(12-15-30-2)24-31(26,27)20-10-5-4-6-11-20/h4-11,16,21,24H,3,12-15,17H2,1-2H3,(H,23,25). The molecule has 0 bridgehead atoms. The van der Waals surface area contributed by atoms with Gasteiger partial charge in [-0.1, -0.05) is 30.3 Å². The number of ether oxygens (including phenoxy) is 2. The summed E-state index contributed by atoms with van der Waals surface area (Å²) in [5.74, 6) is 0.242. The van der Waals surface area contributed by atoms with Crippen LogP contribution in [-0.2, 0) is 30.9 Å². The van der Waals surface area contributed by atoms with Gasteiger partial charge in [-0.3, -0.25) is 4.79 Å². The number of nitrogens with one attached hydrogen (secondary N) is 2. The Morgan fingerprint density at radius 1 is 1.06 bits per heavy atom. The predicted molar refractivity (Wildman–Crippen MR) is 125 cm³/mol. The maximum atomic E-state index is 12.9. The highest BCUT2D eigenvalue weighted by Crippen LogP contribution is 2.15. The van der Waals surface area contributed by atoms with Crippen molar-refractivity contribution < 1.29 is 22.7 Å². The molecular formula is C22H30N2O5S2. The van der Waals surface area contributed by atoms with Gasteiger partial charge in [0.2, 0.25) is 15.9 Å². The number of amides is 1. The number of rotatable bonds is 14. The highest BCUT2D eigenvalue weighted by molar-refractivity contribution is 7.98. The largest absolute Gasteiger partial charge is 0.379 e. The van der Waals surface area contributed by atoms with Crippen molar-refractivity contribution in [1.29, 1.82) is 0 Å². The summed E-state index contributed by atoms with van der Waals surface area (Å²) in [7, 11) is -3.81. The van der Waals surface area contributed by atoms with Crippen molar-refractivity contribution >= 4 is 33.4 Å². The summed E-state index contributed by atoms with van der Waals surface area (Å²) in [5, 5.41) is 2.82. The summed E-state index contributed by atoms with van der Waals surface area (Å²) in [6.45, 7) is 4.00. The third-order valence-corrected chi connectivity index (χ3v) is 6.45. The van der Waals surface area contributed by atoms with Crippen molar-refractivity contribution in [3.8, 4) is 0 Å². The number of carbonyl (C=O) groups excluding carboxylic acids is 1. The zero-order valence-electron chi connectivity index (χ0n) is 17.9. The Morgan fingerprint density at radius 2 is 1.81 bits per heavy atom. The van der Waals surface area contributed by atoms with Crippen LogP contribution in [0.25, 0.3) is 0 Å². The van der Waals surface area contributed by atoms with E-state index < -0.39 is 22.0 Å². The van der Waals surface area contributed by atoms with Gasteiger partial charge in [0.1, 0.15) is 6.04 Å². The lowest BCUT2D eigenvalue weighted by Crippen LogP contribution is -2.44. The van der Waals surface area contributed by atoms with Crippen LogP contribution in [0.1, 0.15) is 18.9 Å². The Hall–Kier alpha value is -1.91. The Labute approximate surface area is 189 Å². The number of hydrogen-bond donors (Lipinski definition) is 2. The molecule has 170 valence electrons. The summed E-state index contributed by atoms with van der Waals surface area (Å²) in [4.78, 5) is 13.0. The first-order valence-electron chi connectivity index (χ1n) is 10.1. The smallest absolute Gasteiger partial charge is 0.242 e. The first kappa shape index (κ1) is 25.4. The molecule has 0 saturated heterocycles. The maximum Gasteiger partial charge on any atom is 0.242 e. The summed E-state index contributed by atoms with van der Waals surface area (Å²) >= 11 is 1.55. The van der Waals surface area contributed by atoms with Gasteiger partial charge in [-0.25, -0.2) is 8.42 Å². The van der Waals surface area contributed by atoms with Crippen LogP contribution >= 0.6 is 11.8 Å². The molecule has 2 aromatic rings. The van der Waals surface area contributed by atoms with E-state index in [1.54, 1.807) is 36.0 Å². The normalized spacial score (nSPS) is 12.5. The van der Waals surface area contributed by atoms with E-state index in [0.717, 1.165) is 5.56 Å². The molecule has 31 heavy (non-hydrogen) atoms. The molecule has 9 heteroatoms.